The average Bonchev–Trinajstić information content (AvgIpc) is 3.22. The first-order chi connectivity index (χ1) is 9.60. The topological polar surface area (TPSA) is 67.4 Å². The van der Waals surface area contributed by atoms with Gasteiger partial charge < -0.3 is 15.4 Å². The fraction of sp³-hybridized carbons (Fsp3) is 0.429. The lowest BCUT2D eigenvalue weighted by molar-refractivity contribution is -0.115. The number of halogens is 1. The number of carbonyl (C=O) groups excluding carboxylic acids is 2. The summed E-state index contributed by atoms with van der Waals surface area (Å²) in [5.74, 6) is -0.797. The van der Waals surface area contributed by atoms with Crippen molar-refractivity contribution in [1.82, 2.24) is 5.32 Å². The zero-order valence-electron chi connectivity index (χ0n) is 11.2. The first-order valence-corrected chi connectivity index (χ1v) is 6.48. The second-order valence-electron chi connectivity index (χ2n) is 4.80. The first kappa shape index (κ1) is 14.5. The molecule has 0 radical (unpaired) electrons. The minimum atomic E-state index is -0.619. The molecule has 1 amide bonds. The Labute approximate surface area is 116 Å². The van der Waals surface area contributed by atoms with E-state index >= 15 is 0 Å². The maximum atomic E-state index is 13.2. The zero-order chi connectivity index (χ0) is 14.5. The molecule has 0 unspecified atom stereocenters. The molecular weight excluding hydrogens is 263 g/mol. The van der Waals surface area contributed by atoms with Crippen LogP contribution in [0.1, 0.15) is 23.2 Å². The smallest absolute Gasteiger partial charge is 0.339 e. The Kier molecular flexibility index (Phi) is 4.68. The Morgan fingerprint density at radius 2 is 2.15 bits per heavy atom. The summed E-state index contributed by atoms with van der Waals surface area (Å²) in [6.07, 6.45) is 2.40. The van der Waals surface area contributed by atoms with Gasteiger partial charge in [0.15, 0.2) is 0 Å². The van der Waals surface area contributed by atoms with Gasteiger partial charge in [0.2, 0.25) is 5.91 Å². The molecule has 5 nitrogen and oxygen atoms in total. The molecule has 0 saturated heterocycles. The molecule has 0 heterocycles. The molecule has 0 atom stereocenters. The van der Waals surface area contributed by atoms with Crippen LogP contribution in [0.2, 0.25) is 0 Å². The molecule has 2 N–H and O–H groups in total. The van der Waals surface area contributed by atoms with Crippen molar-refractivity contribution in [2.24, 2.45) is 5.92 Å². The number of anilines is 1. The third kappa shape index (κ3) is 4.03. The Morgan fingerprint density at radius 3 is 2.80 bits per heavy atom. The molecule has 1 aromatic carbocycles. The number of nitrogens with one attached hydrogen (secondary N) is 2. The number of esters is 1. The lowest BCUT2D eigenvalue weighted by Gasteiger charge is -2.10. The molecule has 6 heteroatoms. The van der Waals surface area contributed by atoms with Crippen LogP contribution in [-0.4, -0.2) is 32.1 Å². The van der Waals surface area contributed by atoms with Crippen molar-refractivity contribution in [3.8, 4) is 0 Å². The fourth-order valence-electron chi connectivity index (χ4n) is 1.81. The standard InChI is InChI=1S/C14H17FN2O3/c1-20-14(19)11-5-4-10(15)6-12(11)17-13(18)8-16-7-9-2-3-9/h4-6,9,16H,2-3,7-8H2,1H3,(H,17,18). The first-order valence-electron chi connectivity index (χ1n) is 6.48. The van der Waals surface area contributed by atoms with Gasteiger partial charge >= 0.3 is 5.97 Å². The van der Waals surface area contributed by atoms with Gasteiger partial charge in [0.1, 0.15) is 5.82 Å². The number of carbonyl (C=O) groups is 2. The Morgan fingerprint density at radius 1 is 1.40 bits per heavy atom. The van der Waals surface area contributed by atoms with Crippen LogP contribution in [0, 0.1) is 11.7 Å². The van der Waals surface area contributed by atoms with Crippen molar-refractivity contribution >= 4 is 17.6 Å². The van der Waals surface area contributed by atoms with Crippen LogP contribution in [0.5, 0.6) is 0 Å². The minimum absolute atomic E-state index is 0.120. The van der Waals surface area contributed by atoms with Crippen LogP contribution in [-0.2, 0) is 9.53 Å². The van der Waals surface area contributed by atoms with Gasteiger partial charge in [0, 0.05) is 0 Å². The summed E-state index contributed by atoms with van der Waals surface area (Å²) >= 11 is 0. The van der Waals surface area contributed by atoms with Crippen LogP contribution in [0.4, 0.5) is 10.1 Å². The number of rotatable bonds is 6. The van der Waals surface area contributed by atoms with Crippen molar-refractivity contribution in [2.75, 3.05) is 25.5 Å². The van der Waals surface area contributed by atoms with Crippen molar-refractivity contribution in [3.63, 3.8) is 0 Å². The monoisotopic (exact) mass is 280 g/mol. The fourth-order valence-corrected chi connectivity index (χ4v) is 1.81. The van der Waals surface area contributed by atoms with E-state index in [-0.39, 0.29) is 23.7 Å². The van der Waals surface area contributed by atoms with Gasteiger partial charge in [-0.05, 0) is 43.5 Å². The summed E-state index contributed by atoms with van der Waals surface area (Å²) < 4.78 is 17.8. The summed E-state index contributed by atoms with van der Waals surface area (Å²) in [6.45, 7) is 0.939. The lowest BCUT2D eigenvalue weighted by atomic mass is 10.1. The highest BCUT2D eigenvalue weighted by molar-refractivity contribution is 6.01. The second-order valence-corrected chi connectivity index (χ2v) is 4.80. The van der Waals surface area contributed by atoms with Crippen molar-refractivity contribution in [2.45, 2.75) is 12.8 Å². The van der Waals surface area contributed by atoms with Crippen molar-refractivity contribution in [1.29, 1.82) is 0 Å². The van der Waals surface area contributed by atoms with E-state index in [9.17, 15) is 14.0 Å². The number of methoxy groups -OCH3 is 1. The summed E-state index contributed by atoms with van der Waals surface area (Å²) in [5, 5.41) is 5.54. The summed E-state index contributed by atoms with van der Waals surface area (Å²) in [7, 11) is 1.23. The van der Waals surface area contributed by atoms with Gasteiger partial charge in [0.25, 0.3) is 0 Å². The molecule has 0 spiro atoms. The van der Waals surface area contributed by atoms with E-state index < -0.39 is 11.8 Å². The lowest BCUT2D eigenvalue weighted by Crippen LogP contribution is -2.30. The Balaban J connectivity index is 1.96. The van der Waals surface area contributed by atoms with E-state index in [0.29, 0.717) is 5.92 Å². The highest BCUT2D eigenvalue weighted by Gasteiger charge is 2.21. The molecule has 1 fully saturated rings. The molecule has 1 aromatic rings. The molecule has 108 valence electrons. The summed E-state index contributed by atoms with van der Waals surface area (Å²) in [5.41, 5.74) is 0.250. The maximum absolute atomic E-state index is 13.2. The van der Waals surface area contributed by atoms with Gasteiger partial charge in [-0.15, -0.1) is 0 Å². The SMILES string of the molecule is COC(=O)c1ccc(F)cc1NC(=O)CNCC1CC1. The van der Waals surface area contributed by atoms with E-state index in [4.69, 9.17) is 0 Å². The van der Waals surface area contributed by atoms with E-state index in [1.54, 1.807) is 0 Å². The van der Waals surface area contributed by atoms with Gasteiger partial charge in [-0.3, -0.25) is 4.79 Å². The molecule has 1 saturated carbocycles. The molecule has 20 heavy (non-hydrogen) atoms. The quantitative estimate of drug-likeness (QED) is 0.776. The normalized spacial score (nSPS) is 13.9. The predicted molar refractivity (Wildman–Crippen MR) is 72.0 cm³/mol. The summed E-state index contributed by atoms with van der Waals surface area (Å²) in [6, 6.07) is 3.53. The van der Waals surface area contributed by atoms with Gasteiger partial charge in [0.05, 0.1) is 24.9 Å². The second kappa shape index (κ2) is 6.47. The zero-order valence-corrected chi connectivity index (χ0v) is 11.2. The van der Waals surface area contributed by atoms with Crippen LogP contribution < -0.4 is 10.6 Å². The van der Waals surface area contributed by atoms with Crippen LogP contribution in [0.3, 0.4) is 0 Å². The van der Waals surface area contributed by atoms with Gasteiger partial charge in [-0.2, -0.15) is 0 Å². The van der Waals surface area contributed by atoms with Gasteiger partial charge in [-0.1, -0.05) is 0 Å². The summed E-state index contributed by atoms with van der Waals surface area (Å²) in [4.78, 5) is 23.3. The highest BCUT2D eigenvalue weighted by atomic mass is 19.1. The highest BCUT2D eigenvalue weighted by Crippen LogP contribution is 2.27. The number of ether oxygens (including phenoxy) is 1. The number of benzene rings is 1. The minimum Gasteiger partial charge on any atom is -0.465 e. The largest absolute Gasteiger partial charge is 0.465 e. The van der Waals surface area contributed by atoms with Crippen molar-refractivity contribution < 1.29 is 18.7 Å². The number of hydrogen-bond donors (Lipinski definition) is 2. The van der Waals surface area contributed by atoms with E-state index in [0.717, 1.165) is 18.7 Å². The molecule has 0 aliphatic heterocycles. The number of hydrogen-bond acceptors (Lipinski definition) is 4. The maximum Gasteiger partial charge on any atom is 0.339 e. The van der Waals surface area contributed by atoms with Crippen LogP contribution in [0.25, 0.3) is 0 Å². The molecular formula is C14H17FN2O3. The molecule has 1 aliphatic carbocycles. The van der Waals surface area contributed by atoms with Crippen LogP contribution >= 0.6 is 0 Å². The third-order valence-corrected chi connectivity index (χ3v) is 3.08. The molecule has 0 aromatic heterocycles. The van der Waals surface area contributed by atoms with E-state index in [1.807, 2.05) is 0 Å². The van der Waals surface area contributed by atoms with E-state index in [2.05, 4.69) is 15.4 Å². The molecule has 0 bridgehead atoms. The molecule has 2 rings (SSSR count). The Bertz CT molecular complexity index is 515. The number of amides is 1. The van der Waals surface area contributed by atoms with Gasteiger partial charge in [-0.25, -0.2) is 9.18 Å². The molecule has 1 aliphatic rings. The third-order valence-electron chi connectivity index (χ3n) is 3.08. The van der Waals surface area contributed by atoms with Crippen LogP contribution in [0.15, 0.2) is 18.2 Å². The average molecular weight is 280 g/mol. The van der Waals surface area contributed by atoms with E-state index in [1.165, 1.54) is 26.0 Å². The predicted octanol–water partition coefficient (Wildman–Crippen LogP) is 1.55. The van der Waals surface area contributed by atoms with Crippen molar-refractivity contribution in [3.05, 3.63) is 29.6 Å². The Hall–Kier alpha value is -1.95.